The molecule has 1 aliphatic rings. The Labute approximate surface area is 185 Å². The van der Waals surface area contributed by atoms with Crippen molar-refractivity contribution in [2.24, 2.45) is 13.0 Å². The third kappa shape index (κ3) is 4.16. The Bertz CT molecular complexity index is 1250. The number of rotatable bonds is 8. The predicted molar refractivity (Wildman–Crippen MR) is 116 cm³/mol. The highest BCUT2D eigenvalue weighted by Gasteiger charge is 2.20. The van der Waals surface area contributed by atoms with E-state index in [4.69, 9.17) is 18.9 Å². The molecular weight excluding hydrogens is 410 g/mol. The van der Waals surface area contributed by atoms with Gasteiger partial charge in [-0.2, -0.15) is 5.10 Å². The summed E-state index contributed by atoms with van der Waals surface area (Å²) in [6, 6.07) is 1.89. The molecule has 1 atom stereocenters. The zero-order valence-corrected chi connectivity index (χ0v) is 18.2. The van der Waals surface area contributed by atoms with Crippen molar-refractivity contribution in [1.29, 1.82) is 0 Å². The predicted octanol–water partition coefficient (Wildman–Crippen LogP) is 3.13. The highest BCUT2D eigenvalue weighted by Crippen LogP contribution is 2.25. The lowest BCUT2D eigenvalue weighted by Gasteiger charge is -2.10. The van der Waals surface area contributed by atoms with E-state index in [2.05, 4.69) is 10.1 Å². The number of ether oxygens (including phenoxy) is 2. The van der Waals surface area contributed by atoms with Crippen LogP contribution in [0.5, 0.6) is 5.75 Å². The fourth-order valence-corrected chi connectivity index (χ4v) is 4.00. The third-order valence-electron chi connectivity index (χ3n) is 5.60. The van der Waals surface area contributed by atoms with E-state index in [9.17, 15) is 4.79 Å². The van der Waals surface area contributed by atoms with Crippen molar-refractivity contribution in [3.05, 3.63) is 54.1 Å². The fourth-order valence-electron chi connectivity index (χ4n) is 4.00. The van der Waals surface area contributed by atoms with E-state index in [1.807, 2.05) is 36.8 Å². The number of Topliss-reactive ketones (excluding diaryl/α,β-unsaturated/α-hetero) is 1. The Hall–Kier alpha value is -3.46. The van der Waals surface area contributed by atoms with Crippen LogP contribution in [0.3, 0.4) is 0 Å². The van der Waals surface area contributed by atoms with Gasteiger partial charge in [0.1, 0.15) is 23.4 Å². The number of ketones is 1. The second-order valence-electron chi connectivity index (χ2n) is 8.07. The summed E-state index contributed by atoms with van der Waals surface area (Å²) in [5.41, 5.74) is 3.60. The quantitative estimate of drug-likeness (QED) is 0.392. The highest BCUT2D eigenvalue weighted by atomic mass is 16.5. The number of aryl methyl sites for hydroxylation is 1. The normalized spacial score (nSPS) is 16.1. The Kier molecular flexibility index (Phi) is 5.48. The van der Waals surface area contributed by atoms with Crippen LogP contribution in [-0.2, 0) is 24.6 Å². The number of pyridine rings is 1. The van der Waals surface area contributed by atoms with Crippen LogP contribution < -0.4 is 4.74 Å². The molecule has 4 aromatic rings. The number of nitrogens with zero attached hydrogens (tertiary/aromatic N) is 5. The molecule has 0 bridgehead atoms. The van der Waals surface area contributed by atoms with Crippen molar-refractivity contribution in [1.82, 2.24) is 24.1 Å². The Morgan fingerprint density at radius 1 is 1.28 bits per heavy atom. The van der Waals surface area contributed by atoms with E-state index in [0.717, 1.165) is 48.5 Å². The van der Waals surface area contributed by atoms with Crippen molar-refractivity contribution < 1.29 is 18.7 Å². The monoisotopic (exact) mass is 435 g/mol. The van der Waals surface area contributed by atoms with Gasteiger partial charge in [-0.1, -0.05) is 0 Å². The van der Waals surface area contributed by atoms with Gasteiger partial charge in [-0.3, -0.25) is 9.48 Å². The minimum absolute atomic E-state index is 0.146. The van der Waals surface area contributed by atoms with E-state index < -0.39 is 0 Å². The summed E-state index contributed by atoms with van der Waals surface area (Å²) in [6.07, 6.45) is 10.9. The number of hydrogen-bond donors (Lipinski definition) is 0. The Morgan fingerprint density at radius 3 is 2.94 bits per heavy atom. The molecule has 9 nitrogen and oxygen atoms in total. The summed E-state index contributed by atoms with van der Waals surface area (Å²) in [5, 5.41) is 4.11. The third-order valence-corrected chi connectivity index (χ3v) is 5.60. The highest BCUT2D eigenvalue weighted by molar-refractivity contribution is 5.96. The SMILES string of the molecule is CCOc1cc2nc(CC3CCOC3)cn2cc1CC(=O)c1coc(-c2cnn(C)c2)n1. The molecular formula is C23H25N5O4. The van der Waals surface area contributed by atoms with Crippen LogP contribution in [0.1, 0.15) is 35.1 Å². The first kappa shape index (κ1) is 20.4. The molecule has 1 fully saturated rings. The Morgan fingerprint density at radius 2 is 2.19 bits per heavy atom. The number of fused-ring (bicyclic) bond motifs is 1. The summed E-state index contributed by atoms with van der Waals surface area (Å²) in [5.74, 6) is 1.39. The summed E-state index contributed by atoms with van der Waals surface area (Å²) < 4.78 is 20.4. The van der Waals surface area contributed by atoms with E-state index in [1.165, 1.54) is 6.26 Å². The minimum Gasteiger partial charge on any atom is -0.493 e. The maximum atomic E-state index is 13.0. The van der Waals surface area contributed by atoms with Crippen LogP contribution >= 0.6 is 0 Å². The van der Waals surface area contributed by atoms with Crippen LogP contribution in [0, 0.1) is 5.92 Å². The van der Waals surface area contributed by atoms with Crippen LogP contribution in [-0.4, -0.2) is 49.8 Å². The van der Waals surface area contributed by atoms with Gasteiger partial charge in [0.15, 0.2) is 5.78 Å². The standard InChI is InChI=1S/C23H25N5O4/c1-3-31-21-8-22-25-18(6-15-4-5-30-13-15)12-28(22)11-16(21)7-20(29)19-14-32-23(26-19)17-9-24-27(2)10-17/h8-12,14-15H,3-7,13H2,1-2H3. The van der Waals surface area contributed by atoms with Crippen molar-refractivity contribution in [2.45, 2.75) is 26.2 Å². The lowest BCUT2D eigenvalue weighted by Crippen LogP contribution is -2.07. The zero-order valence-electron chi connectivity index (χ0n) is 18.2. The van der Waals surface area contributed by atoms with Gasteiger partial charge in [-0.25, -0.2) is 9.97 Å². The first-order valence-corrected chi connectivity index (χ1v) is 10.8. The van der Waals surface area contributed by atoms with Gasteiger partial charge in [0, 0.05) is 56.9 Å². The molecule has 5 rings (SSSR count). The van der Waals surface area contributed by atoms with Gasteiger partial charge in [0.25, 0.3) is 0 Å². The molecule has 166 valence electrons. The summed E-state index contributed by atoms with van der Waals surface area (Å²) in [7, 11) is 1.81. The smallest absolute Gasteiger partial charge is 0.229 e. The van der Waals surface area contributed by atoms with E-state index in [1.54, 1.807) is 17.1 Å². The van der Waals surface area contributed by atoms with Gasteiger partial charge in [0.05, 0.1) is 24.1 Å². The molecule has 0 amide bonds. The van der Waals surface area contributed by atoms with Gasteiger partial charge >= 0.3 is 0 Å². The first-order valence-electron chi connectivity index (χ1n) is 10.8. The molecule has 1 saturated heterocycles. The molecule has 1 aliphatic heterocycles. The maximum Gasteiger partial charge on any atom is 0.229 e. The molecule has 0 spiro atoms. The number of hydrogen-bond acceptors (Lipinski definition) is 7. The van der Waals surface area contributed by atoms with E-state index in [0.29, 0.717) is 24.2 Å². The second-order valence-corrected chi connectivity index (χ2v) is 8.07. The molecule has 0 saturated carbocycles. The number of carbonyl (C=O) groups is 1. The van der Waals surface area contributed by atoms with Crippen molar-refractivity contribution in [2.75, 3.05) is 19.8 Å². The first-order chi connectivity index (χ1) is 15.6. The van der Waals surface area contributed by atoms with Crippen molar-refractivity contribution in [3.63, 3.8) is 0 Å². The fraction of sp³-hybridized carbons (Fsp3) is 0.391. The van der Waals surface area contributed by atoms with Crippen LogP contribution in [0.25, 0.3) is 17.1 Å². The molecule has 0 aromatic carbocycles. The molecule has 32 heavy (non-hydrogen) atoms. The molecule has 0 N–H and O–H groups in total. The average Bonchev–Trinajstić information content (AvgIpc) is 3.55. The summed E-state index contributed by atoms with van der Waals surface area (Å²) in [6.45, 7) is 4.03. The van der Waals surface area contributed by atoms with Gasteiger partial charge < -0.3 is 18.3 Å². The number of imidazole rings is 1. The largest absolute Gasteiger partial charge is 0.493 e. The Balaban J connectivity index is 1.38. The van der Waals surface area contributed by atoms with Crippen molar-refractivity contribution in [3.8, 4) is 17.2 Å². The average molecular weight is 435 g/mol. The molecule has 1 unspecified atom stereocenters. The molecule has 5 heterocycles. The molecule has 9 heteroatoms. The zero-order chi connectivity index (χ0) is 22.1. The summed E-state index contributed by atoms with van der Waals surface area (Å²) >= 11 is 0. The lowest BCUT2D eigenvalue weighted by atomic mass is 10.0. The van der Waals surface area contributed by atoms with Gasteiger partial charge in [-0.05, 0) is 25.7 Å². The van der Waals surface area contributed by atoms with Gasteiger partial charge in [0.2, 0.25) is 5.89 Å². The van der Waals surface area contributed by atoms with E-state index >= 15 is 0 Å². The number of carbonyl (C=O) groups excluding carboxylic acids is 1. The molecule has 4 aromatic heterocycles. The van der Waals surface area contributed by atoms with Crippen molar-refractivity contribution >= 4 is 11.4 Å². The maximum absolute atomic E-state index is 13.0. The van der Waals surface area contributed by atoms with Gasteiger partial charge in [-0.15, -0.1) is 0 Å². The van der Waals surface area contributed by atoms with Crippen LogP contribution in [0.4, 0.5) is 0 Å². The van der Waals surface area contributed by atoms with Crippen LogP contribution in [0.2, 0.25) is 0 Å². The molecule has 0 aliphatic carbocycles. The number of oxazole rings is 1. The number of aromatic nitrogens is 5. The topological polar surface area (TPSA) is 96.7 Å². The second kappa shape index (κ2) is 8.58. The minimum atomic E-state index is -0.146. The lowest BCUT2D eigenvalue weighted by molar-refractivity contribution is 0.0987. The summed E-state index contributed by atoms with van der Waals surface area (Å²) in [4.78, 5) is 22.0. The van der Waals surface area contributed by atoms with E-state index in [-0.39, 0.29) is 17.9 Å². The molecule has 0 radical (unpaired) electrons. The van der Waals surface area contributed by atoms with Crippen LogP contribution in [0.15, 0.2) is 41.5 Å².